The zero-order valence-electron chi connectivity index (χ0n) is 10.0. The Hall–Kier alpha value is -1.62. The lowest BCUT2D eigenvalue weighted by Gasteiger charge is -2.10. The predicted octanol–water partition coefficient (Wildman–Crippen LogP) is 5.06. The Morgan fingerprint density at radius 2 is 1.79 bits per heavy atom. The van der Waals surface area contributed by atoms with Crippen LogP contribution in [0.2, 0.25) is 0 Å². The van der Waals surface area contributed by atoms with Crippen LogP contribution in [0.1, 0.15) is 5.56 Å². The fourth-order valence-corrected chi connectivity index (χ4v) is 2.90. The first-order chi connectivity index (χ1) is 9.02. The second-order valence-electron chi connectivity index (χ2n) is 4.23. The summed E-state index contributed by atoms with van der Waals surface area (Å²) in [5, 5.41) is 0.871. The Labute approximate surface area is 111 Å². The minimum atomic E-state index is -4.35. The number of benzene rings is 2. The third-order valence-corrected chi connectivity index (χ3v) is 3.93. The average molecular weight is 281 g/mol. The van der Waals surface area contributed by atoms with E-state index < -0.39 is 11.7 Å². The molecule has 1 N–H and O–H groups in total. The smallest absolute Gasteiger partial charge is 0.354 e. The number of nitrogens with one attached hydrogen (secondary N) is 1. The second-order valence-corrected chi connectivity index (χ2v) is 5.08. The molecule has 5 heteroatoms. The van der Waals surface area contributed by atoms with Crippen molar-refractivity contribution in [3.05, 3.63) is 42.0 Å². The van der Waals surface area contributed by atoms with Crippen LogP contribution >= 0.6 is 11.8 Å². The minimum Gasteiger partial charge on any atom is -0.354 e. The lowest BCUT2D eigenvalue weighted by molar-refractivity contribution is -0.136. The summed E-state index contributed by atoms with van der Waals surface area (Å²) in [5.41, 5.74) is 0.700. The Balaban J connectivity index is 2.53. The maximum absolute atomic E-state index is 13.1. The fraction of sp³-hybridized carbons (Fsp3) is 0.143. The van der Waals surface area contributed by atoms with Gasteiger partial charge in [-0.2, -0.15) is 13.2 Å². The van der Waals surface area contributed by atoms with Gasteiger partial charge in [0.05, 0.1) is 11.1 Å². The van der Waals surface area contributed by atoms with Gasteiger partial charge in [-0.3, -0.25) is 0 Å². The van der Waals surface area contributed by atoms with Gasteiger partial charge in [-0.15, -0.1) is 11.8 Å². The number of H-pyrrole nitrogens is 1. The summed E-state index contributed by atoms with van der Waals surface area (Å²) in [4.78, 5) is 3.91. The van der Waals surface area contributed by atoms with Gasteiger partial charge in [0.1, 0.15) is 0 Å². The van der Waals surface area contributed by atoms with Crippen molar-refractivity contribution >= 4 is 33.6 Å². The van der Waals surface area contributed by atoms with Crippen LogP contribution in [-0.2, 0) is 6.18 Å². The van der Waals surface area contributed by atoms with Crippen LogP contribution in [0, 0.1) is 0 Å². The SMILES string of the molecule is CSc1ccc(C(F)(F)F)c2c1[nH]c1ccccc12. The van der Waals surface area contributed by atoms with Crippen LogP contribution in [0.3, 0.4) is 0 Å². The first-order valence-electron chi connectivity index (χ1n) is 5.67. The van der Waals surface area contributed by atoms with Crippen LogP contribution in [0.25, 0.3) is 21.8 Å². The molecule has 1 nitrogen and oxygen atoms in total. The summed E-state index contributed by atoms with van der Waals surface area (Å²) in [6.07, 6.45) is -2.49. The molecule has 0 aliphatic carbocycles. The van der Waals surface area contributed by atoms with E-state index in [4.69, 9.17) is 0 Å². The first-order valence-corrected chi connectivity index (χ1v) is 6.89. The Morgan fingerprint density at radius 1 is 1.05 bits per heavy atom. The third kappa shape index (κ3) is 1.89. The molecular weight excluding hydrogens is 271 g/mol. The highest BCUT2D eigenvalue weighted by Crippen LogP contribution is 2.41. The molecule has 0 fully saturated rings. The highest BCUT2D eigenvalue weighted by molar-refractivity contribution is 7.98. The van der Waals surface area contributed by atoms with Crippen LogP contribution in [0.15, 0.2) is 41.3 Å². The Bertz CT molecular complexity index is 758. The molecule has 1 heterocycles. The first kappa shape index (κ1) is 12.4. The number of para-hydroxylation sites is 1. The third-order valence-electron chi connectivity index (χ3n) is 3.15. The van der Waals surface area contributed by atoms with E-state index in [1.807, 2.05) is 12.3 Å². The zero-order chi connectivity index (χ0) is 13.6. The molecule has 0 atom stereocenters. The predicted molar refractivity (Wildman–Crippen MR) is 72.6 cm³/mol. The molecule has 3 rings (SSSR count). The summed E-state index contributed by atoms with van der Waals surface area (Å²) in [5.74, 6) is 0. The van der Waals surface area contributed by atoms with Gasteiger partial charge < -0.3 is 4.98 Å². The van der Waals surface area contributed by atoms with E-state index in [2.05, 4.69) is 4.98 Å². The van der Waals surface area contributed by atoms with E-state index in [1.54, 1.807) is 18.2 Å². The van der Waals surface area contributed by atoms with E-state index >= 15 is 0 Å². The number of halogens is 3. The number of hydrogen-bond donors (Lipinski definition) is 1. The summed E-state index contributed by atoms with van der Waals surface area (Å²) >= 11 is 1.43. The van der Waals surface area contributed by atoms with Gasteiger partial charge in [-0.25, -0.2) is 0 Å². The number of alkyl halides is 3. The molecule has 0 spiro atoms. The van der Waals surface area contributed by atoms with Gasteiger partial charge in [0, 0.05) is 21.2 Å². The normalized spacial score (nSPS) is 12.4. The zero-order valence-corrected chi connectivity index (χ0v) is 10.8. The van der Waals surface area contributed by atoms with Crippen LogP contribution in [0.5, 0.6) is 0 Å². The van der Waals surface area contributed by atoms with Gasteiger partial charge in [-0.1, -0.05) is 18.2 Å². The number of rotatable bonds is 1. The fourth-order valence-electron chi connectivity index (χ4n) is 2.34. The second kappa shape index (κ2) is 4.20. The van der Waals surface area contributed by atoms with Gasteiger partial charge in [0.25, 0.3) is 0 Å². The van der Waals surface area contributed by atoms with E-state index in [0.717, 1.165) is 16.5 Å². The van der Waals surface area contributed by atoms with Crippen LogP contribution in [-0.4, -0.2) is 11.2 Å². The summed E-state index contributed by atoms with van der Waals surface area (Å²) in [6, 6.07) is 9.75. The van der Waals surface area contributed by atoms with Crippen molar-refractivity contribution in [2.75, 3.05) is 6.26 Å². The molecular formula is C14H10F3NS. The molecule has 0 radical (unpaired) electrons. The van der Waals surface area contributed by atoms with Crippen molar-refractivity contribution in [2.24, 2.45) is 0 Å². The molecule has 0 bridgehead atoms. The summed E-state index contributed by atoms with van der Waals surface area (Å²) in [7, 11) is 0. The number of aromatic amines is 1. The topological polar surface area (TPSA) is 15.8 Å². The molecule has 2 aromatic carbocycles. The molecule has 98 valence electrons. The Kier molecular flexibility index (Phi) is 2.74. The van der Waals surface area contributed by atoms with Crippen molar-refractivity contribution in [1.29, 1.82) is 0 Å². The van der Waals surface area contributed by atoms with E-state index in [1.165, 1.54) is 17.8 Å². The Morgan fingerprint density at radius 3 is 2.47 bits per heavy atom. The average Bonchev–Trinajstić information content (AvgIpc) is 2.75. The maximum Gasteiger partial charge on any atom is 0.417 e. The van der Waals surface area contributed by atoms with E-state index in [0.29, 0.717) is 10.9 Å². The monoisotopic (exact) mass is 281 g/mol. The standard InChI is InChI=1S/C14H10F3NS/c1-19-11-7-6-9(14(15,16)17)12-8-4-2-3-5-10(8)18-13(11)12/h2-7,18H,1H3. The number of hydrogen-bond acceptors (Lipinski definition) is 1. The van der Waals surface area contributed by atoms with Gasteiger partial charge >= 0.3 is 6.18 Å². The quantitative estimate of drug-likeness (QED) is 0.616. The molecule has 1 aromatic heterocycles. The number of thioether (sulfide) groups is 1. The highest BCUT2D eigenvalue weighted by Gasteiger charge is 2.34. The molecule has 0 aliphatic rings. The van der Waals surface area contributed by atoms with Gasteiger partial charge in [0.15, 0.2) is 0 Å². The molecule has 0 saturated carbocycles. The van der Waals surface area contributed by atoms with E-state index in [-0.39, 0.29) is 5.39 Å². The van der Waals surface area contributed by atoms with Crippen molar-refractivity contribution in [3.63, 3.8) is 0 Å². The lowest BCUT2D eigenvalue weighted by atomic mass is 10.1. The van der Waals surface area contributed by atoms with Gasteiger partial charge in [0.2, 0.25) is 0 Å². The minimum absolute atomic E-state index is 0.259. The summed E-state index contributed by atoms with van der Waals surface area (Å²) in [6.45, 7) is 0. The molecule has 3 aromatic rings. The van der Waals surface area contributed by atoms with Crippen LogP contribution < -0.4 is 0 Å². The molecule has 19 heavy (non-hydrogen) atoms. The van der Waals surface area contributed by atoms with Crippen LogP contribution in [0.4, 0.5) is 13.2 Å². The number of aromatic nitrogens is 1. The van der Waals surface area contributed by atoms with Crippen molar-refractivity contribution < 1.29 is 13.2 Å². The highest BCUT2D eigenvalue weighted by atomic mass is 32.2. The molecule has 0 amide bonds. The van der Waals surface area contributed by atoms with Gasteiger partial charge in [-0.05, 0) is 24.5 Å². The molecule has 0 saturated heterocycles. The van der Waals surface area contributed by atoms with Crippen molar-refractivity contribution in [3.8, 4) is 0 Å². The van der Waals surface area contributed by atoms with Crippen molar-refractivity contribution in [1.82, 2.24) is 4.98 Å². The molecule has 0 aliphatic heterocycles. The number of fused-ring (bicyclic) bond motifs is 3. The summed E-state index contributed by atoms with van der Waals surface area (Å²) < 4.78 is 39.4. The largest absolute Gasteiger partial charge is 0.417 e. The lowest BCUT2D eigenvalue weighted by Crippen LogP contribution is -2.05. The van der Waals surface area contributed by atoms with E-state index in [9.17, 15) is 13.2 Å². The maximum atomic E-state index is 13.1. The van der Waals surface area contributed by atoms with Crippen molar-refractivity contribution in [2.45, 2.75) is 11.1 Å². The molecule has 0 unspecified atom stereocenters.